The second-order valence-electron chi connectivity index (χ2n) is 7.33. The molecule has 3 aromatic carbocycles. The molecule has 0 atom stereocenters. The van der Waals surface area contributed by atoms with Crippen LogP contribution >= 0.6 is 0 Å². The normalized spacial score (nSPS) is 12.7. The Morgan fingerprint density at radius 1 is 1.00 bits per heavy atom. The highest BCUT2D eigenvalue weighted by molar-refractivity contribution is 7.92. The number of benzene rings is 3. The minimum atomic E-state index is -3.84. The van der Waals surface area contributed by atoms with E-state index >= 15 is 0 Å². The topological polar surface area (TPSA) is 94.2 Å². The Hall–Kier alpha value is -3.72. The van der Waals surface area contributed by atoms with E-state index in [4.69, 9.17) is 14.2 Å². The lowest BCUT2D eigenvalue weighted by molar-refractivity contribution is 0.0950. The van der Waals surface area contributed by atoms with Crippen molar-refractivity contribution in [2.75, 3.05) is 31.7 Å². The fourth-order valence-electron chi connectivity index (χ4n) is 3.44. The summed E-state index contributed by atoms with van der Waals surface area (Å²) < 4.78 is 43.6. The quantitative estimate of drug-likeness (QED) is 0.572. The van der Waals surface area contributed by atoms with Crippen LogP contribution in [0.15, 0.2) is 71.6 Å². The summed E-state index contributed by atoms with van der Waals surface area (Å²) in [6, 6.07) is 18.2. The summed E-state index contributed by atoms with van der Waals surface area (Å²) in [6.45, 7) is 1.31. The number of methoxy groups -OCH3 is 1. The summed E-state index contributed by atoms with van der Waals surface area (Å²) in [4.78, 5) is 12.6. The number of nitrogens with zero attached hydrogens (tertiary/aromatic N) is 1. The molecule has 9 heteroatoms. The van der Waals surface area contributed by atoms with Crippen LogP contribution in [-0.4, -0.2) is 41.7 Å². The molecule has 0 aliphatic carbocycles. The largest absolute Gasteiger partial charge is 0.495 e. The van der Waals surface area contributed by atoms with Gasteiger partial charge in [0.05, 0.1) is 17.7 Å². The maximum atomic E-state index is 13.1. The van der Waals surface area contributed by atoms with E-state index < -0.39 is 10.0 Å². The molecular formula is C24H24N2O6S. The fourth-order valence-corrected chi connectivity index (χ4v) is 4.64. The highest BCUT2D eigenvalue weighted by Gasteiger charge is 2.24. The average Bonchev–Trinajstić information content (AvgIpc) is 2.86. The third-order valence-corrected chi connectivity index (χ3v) is 7.04. The number of hydrogen-bond donors (Lipinski definition) is 1. The first kappa shape index (κ1) is 22.5. The van der Waals surface area contributed by atoms with Gasteiger partial charge in [0, 0.05) is 19.2 Å². The molecule has 0 radical (unpaired) electrons. The summed E-state index contributed by atoms with van der Waals surface area (Å²) in [5.74, 6) is 1.47. The lowest BCUT2D eigenvalue weighted by atomic mass is 10.1. The number of hydrogen-bond acceptors (Lipinski definition) is 6. The Bertz CT molecular complexity index is 1260. The summed E-state index contributed by atoms with van der Waals surface area (Å²) >= 11 is 0. The van der Waals surface area contributed by atoms with Gasteiger partial charge in [-0.05, 0) is 54.1 Å². The maximum absolute atomic E-state index is 13.1. The molecule has 4 rings (SSSR count). The van der Waals surface area contributed by atoms with Crippen LogP contribution < -0.4 is 23.8 Å². The van der Waals surface area contributed by atoms with Crippen molar-refractivity contribution in [3.63, 3.8) is 0 Å². The van der Waals surface area contributed by atoms with Crippen LogP contribution in [0.5, 0.6) is 17.2 Å². The molecule has 0 saturated carbocycles. The molecule has 0 spiro atoms. The number of anilines is 1. The van der Waals surface area contributed by atoms with Gasteiger partial charge in [-0.2, -0.15) is 0 Å². The van der Waals surface area contributed by atoms with E-state index in [-0.39, 0.29) is 10.8 Å². The number of amides is 1. The van der Waals surface area contributed by atoms with Gasteiger partial charge >= 0.3 is 0 Å². The molecule has 1 aliphatic heterocycles. The van der Waals surface area contributed by atoms with Crippen LogP contribution in [0.4, 0.5) is 5.69 Å². The first-order chi connectivity index (χ1) is 15.9. The van der Waals surface area contributed by atoms with Crippen LogP contribution in [0.1, 0.15) is 15.9 Å². The Morgan fingerprint density at radius 2 is 1.70 bits per heavy atom. The zero-order valence-electron chi connectivity index (χ0n) is 18.3. The highest BCUT2D eigenvalue weighted by Crippen LogP contribution is 2.32. The van der Waals surface area contributed by atoms with Gasteiger partial charge in [-0.1, -0.05) is 18.2 Å². The van der Waals surface area contributed by atoms with E-state index in [9.17, 15) is 13.2 Å². The molecule has 0 unspecified atom stereocenters. The van der Waals surface area contributed by atoms with Crippen LogP contribution in [0.25, 0.3) is 0 Å². The van der Waals surface area contributed by atoms with Crippen LogP contribution in [0, 0.1) is 0 Å². The third-order valence-electron chi connectivity index (χ3n) is 5.26. The van der Waals surface area contributed by atoms with Crippen LogP contribution in [0.3, 0.4) is 0 Å². The van der Waals surface area contributed by atoms with Crippen molar-refractivity contribution < 1.29 is 27.4 Å². The van der Waals surface area contributed by atoms with Gasteiger partial charge < -0.3 is 19.5 Å². The van der Waals surface area contributed by atoms with Crippen LogP contribution in [-0.2, 0) is 16.6 Å². The van der Waals surface area contributed by atoms with Gasteiger partial charge in [0.15, 0.2) is 11.5 Å². The minimum Gasteiger partial charge on any atom is -0.495 e. The Balaban J connectivity index is 1.44. The molecule has 1 amide bonds. The Kier molecular flexibility index (Phi) is 6.41. The third kappa shape index (κ3) is 4.73. The molecule has 1 heterocycles. The second-order valence-corrected chi connectivity index (χ2v) is 9.30. The molecule has 3 aromatic rings. The van der Waals surface area contributed by atoms with E-state index in [2.05, 4.69) is 5.32 Å². The summed E-state index contributed by atoms with van der Waals surface area (Å²) in [5, 5.41) is 2.83. The summed E-state index contributed by atoms with van der Waals surface area (Å²) in [7, 11) is -0.892. The predicted molar refractivity (Wildman–Crippen MR) is 124 cm³/mol. The van der Waals surface area contributed by atoms with Crippen LogP contribution in [0.2, 0.25) is 0 Å². The summed E-state index contributed by atoms with van der Waals surface area (Å²) in [6.07, 6.45) is 0. The number of carbonyl (C=O) groups excluding carboxylic acids is 1. The van der Waals surface area contributed by atoms with Gasteiger partial charge in [-0.3, -0.25) is 9.10 Å². The van der Waals surface area contributed by atoms with Crippen molar-refractivity contribution in [2.24, 2.45) is 0 Å². The van der Waals surface area contributed by atoms with E-state index in [0.717, 1.165) is 9.87 Å². The van der Waals surface area contributed by atoms with Crippen molar-refractivity contribution in [3.05, 3.63) is 77.9 Å². The van der Waals surface area contributed by atoms with E-state index in [1.54, 1.807) is 24.3 Å². The molecule has 1 aliphatic rings. The molecule has 172 valence electrons. The number of para-hydroxylation sites is 2. The average molecular weight is 469 g/mol. The smallest absolute Gasteiger partial charge is 0.264 e. The lowest BCUT2D eigenvalue weighted by Gasteiger charge is -2.21. The lowest BCUT2D eigenvalue weighted by Crippen LogP contribution is -2.27. The van der Waals surface area contributed by atoms with Gasteiger partial charge in [-0.25, -0.2) is 8.42 Å². The van der Waals surface area contributed by atoms with Gasteiger partial charge in [0.1, 0.15) is 19.0 Å². The Labute approximate surface area is 192 Å². The van der Waals surface area contributed by atoms with Crippen molar-refractivity contribution >= 4 is 21.6 Å². The first-order valence-electron chi connectivity index (χ1n) is 10.3. The molecule has 0 aromatic heterocycles. The number of rotatable bonds is 7. The van der Waals surface area contributed by atoms with E-state index in [1.807, 2.05) is 18.2 Å². The fraction of sp³-hybridized carbons (Fsp3) is 0.208. The van der Waals surface area contributed by atoms with Gasteiger partial charge in [0.25, 0.3) is 15.9 Å². The van der Waals surface area contributed by atoms with E-state index in [0.29, 0.717) is 48.3 Å². The number of nitrogens with one attached hydrogen (secondary N) is 1. The molecular weight excluding hydrogens is 444 g/mol. The first-order valence-corrected chi connectivity index (χ1v) is 11.7. The zero-order chi connectivity index (χ0) is 23.4. The summed E-state index contributed by atoms with van der Waals surface area (Å²) in [5.41, 5.74) is 1.64. The standard InChI is InChI=1S/C24H24N2O6S/c1-26(20-5-3-4-6-21(20)30-2)33(28,29)19-10-8-18(9-11-19)24(27)25-16-17-7-12-22-23(15-17)32-14-13-31-22/h3-12,15H,13-14,16H2,1-2H3,(H,25,27). The SMILES string of the molecule is COc1ccccc1N(C)S(=O)(=O)c1ccc(C(=O)NCc2ccc3c(c2)OCCO3)cc1. The molecule has 8 nitrogen and oxygen atoms in total. The zero-order valence-corrected chi connectivity index (χ0v) is 19.1. The monoisotopic (exact) mass is 468 g/mol. The number of sulfonamides is 1. The van der Waals surface area contributed by atoms with Gasteiger partial charge in [0.2, 0.25) is 0 Å². The molecule has 0 fully saturated rings. The number of ether oxygens (including phenoxy) is 3. The number of carbonyl (C=O) groups is 1. The number of fused-ring (bicyclic) bond motifs is 1. The predicted octanol–water partition coefficient (Wildman–Crippen LogP) is 3.22. The molecule has 33 heavy (non-hydrogen) atoms. The second kappa shape index (κ2) is 9.41. The Morgan fingerprint density at radius 3 is 2.42 bits per heavy atom. The van der Waals surface area contributed by atoms with E-state index in [1.165, 1.54) is 38.4 Å². The highest BCUT2D eigenvalue weighted by atomic mass is 32.2. The maximum Gasteiger partial charge on any atom is 0.264 e. The molecule has 1 N–H and O–H groups in total. The van der Waals surface area contributed by atoms with Crippen molar-refractivity contribution in [1.29, 1.82) is 0 Å². The molecule has 0 bridgehead atoms. The van der Waals surface area contributed by atoms with Crippen molar-refractivity contribution in [1.82, 2.24) is 5.32 Å². The van der Waals surface area contributed by atoms with Gasteiger partial charge in [-0.15, -0.1) is 0 Å². The van der Waals surface area contributed by atoms with Crippen molar-refractivity contribution in [3.8, 4) is 17.2 Å². The molecule has 0 saturated heterocycles. The van der Waals surface area contributed by atoms with Crippen molar-refractivity contribution in [2.45, 2.75) is 11.4 Å². The minimum absolute atomic E-state index is 0.0688.